The van der Waals surface area contributed by atoms with Crippen LogP contribution in [-0.4, -0.2) is 31.2 Å². The van der Waals surface area contributed by atoms with Crippen molar-refractivity contribution in [1.29, 1.82) is 0 Å². The SMILES string of the molecule is COCc1c(C(=O)Nc2nc(-c3ccc4c(c3)OCCO4)cs2)sc2cccc(F)c12. The molecule has 31 heavy (non-hydrogen) atoms. The van der Waals surface area contributed by atoms with E-state index in [-0.39, 0.29) is 18.3 Å². The van der Waals surface area contributed by atoms with Crippen molar-refractivity contribution in [2.45, 2.75) is 6.61 Å². The van der Waals surface area contributed by atoms with Crippen LogP contribution in [-0.2, 0) is 11.3 Å². The fourth-order valence-corrected chi connectivity index (χ4v) is 5.29. The number of ether oxygens (including phenoxy) is 3. The summed E-state index contributed by atoms with van der Waals surface area (Å²) in [5.74, 6) is 0.686. The van der Waals surface area contributed by atoms with Crippen molar-refractivity contribution < 1.29 is 23.4 Å². The normalized spacial score (nSPS) is 12.8. The summed E-state index contributed by atoms with van der Waals surface area (Å²) in [5, 5.41) is 5.58. The molecule has 4 aromatic rings. The van der Waals surface area contributed by atoms with Gasteiger partial charge in [0, 0.05) is 33.7 Å². The molecule has 3 heterocycles. The summed E-state index contributed by atoms with van der Waals surface area (Å²) in [4.78, 5) is 17.9. The topological polar surface area (TPSA) is 69.7 Å². The number of hydrogen-bond acceptors (Lipinski definition) is 7. The standard InChI is InChI=1S/C22H17FN2O4S2/c1-27-10-13-19-14(23)3-2-4-18(19)31-20(13)21(26)25-22-24-15(11-30-22)12-5-6-16-17(9-12)29-8-7-28-16/h2-6,9,11H,7-8,10H2,1H3,(H,24,25,26). The Kier molecular flexibility index (Phi) is 5.31. The van der Waals surface area contributed by atoms with Gasteiger partial charge in [-0.2, -0.15) is 0 Å². The zero-order valence-electron chi connectivity index (χ0n) is 16.4. The van der Waals surface area contributed by atoms with Crippen molar-refractivity contribution in [2.24, 2.45) is 0 Å². The summed E-state index contributed by atoms with van der Waals surface area (Å²) in [7, 11) is 1.52. The van der Waals surface area contributed by atoms with Crippen LogP contribution in [0.1, 0.15) is 15.2 Å². The van der Waals surface area contributed by atoms with Crippen LogP contribution in [0, 0.1) is 5.82 Å². The molecule has 0 unspecified atom stereocenters. The third-order valence-electron chi connectivity index (χ3n) is 4.82. The van der Waals surface area contributed by atoms with Gasteiger partial charge in [0.2, 0.25) is 0 Å². The molecule has 1 aliphatic rings. The molecule has 1 aliphatic heterocycles. The van der Waals surface area contributed by atoms with E-state index in [4.69, 9.17) is 14.2 Å². The highest BCUT2D eigenvalue weighted by atomic mass is 32.1. The molecule has 5 rings (SSSR count). The van der Waals surface area contributed by atoms with Gasteiger partial charge in [0.25, 0.3) is 5.91 Å². The van der Waals surface area contributed by atoms with E-state index in [1.54, 1.807) is 12.1 Å². The maximum absolute atomic E-state index is 14.4. The Bertz CT molecular complexity index is 1280. The fourth-order valence-electron chi connectivity index (χ4n) is 3.45. The van der Waals surface area contributed by atoms with Crippen LogP contribution in [0.15, 0.2) is 41.8 Å². The number of nitrogens with one attached hydrogen (secondary N) is 1. The first-order valence-electron chi connectivity index (χ1n) is 9.50. The Morgan fingerprint density at radius 1 is 1.23 bits per heavy atom. The van der Waals surface area contributed by atoms with E-state index in [1.165, 1.54) is 35.8 Å². The van der Waals surface area contributed by atoms with Crippen molar-refractivity contribution >= 4 is 43.8 Å². The summed E-state index contributed by atoms with van der Waals surface area (Å²) in [6.45, 7) is 1.18. The molecule has 1 amide bonds. The zero-order valence-corrected chi connectivity index (χ0v) is 18.1. The Morgan fingerprint density at radius 3 is 2.90 bits per heavy atom. The molecule has 0 aliphatic carbocycles. The van der Waals surface area contributed by atoms with Gasteiger partial charge in [0.05, 0.1) is 17.2 Å². The number of carbonyl (C=O) groups is 1. The highest BCUT2D eigenvalue weighted by molar-refractivity contribution is 7.21. The smallest absolute Gasteiger partial charge is 0.267 e. The first-order valence-corrected chi connectivity index (χ1v) is 11.2. The lowest BCUT2D eigenvalue weighted by atomic mass is 10.1. The largest absolute Gasteiger partial charge is 0.486 e. The van der Waals surface area contributed by atoms with Crippen molar-refractivity contribution in [1.82, 2.24) is 4.98 Å². The summed E-state index contributed by atoms with van der Waals surface area (Å²) in [6.07, 6.45) is 0. The Hall–Kier alpha value is -3.01. The van der Waals surface area contributed by atoms with Gasteiger partial charge in [-0.1, -0.05) is 6.07 Å². The Balaban J connectivity index is 1.41. The van der Waals surface area contributed by atoms with Gasteiger partial charge < -0.3 is 14.2 Å². The van der Waals surface area contributed by atoms with E-state index in [0.717, 1.165) is 11.3 Å². The molecule has 0 spiro atoms. The maximum atomic E-state index is 14.4. The van der Waals surface area contributed by atoms with E-state index >= 15 is 0 Å². The molecule has 9 heteroatoms. The van der Waals surface area contributed by atoms with Crippen molar-refractivity contribution in [3.8, 4) is 22.8 Å². The number of rotatable bonds is 5. The molecule has 0 fully saturated rings. The summed E-state index contributed by atoms with van der Waals surface area (Å²) in [5.41, 5.74) is 2.13. The fraction of sp³-hybridized carbons (Fsp3) is 0.182. The number of carbonyl (C=O) groups excluding carboxylic acids is 1. The molecule has 2 aromatic heterocycles. The number of halogens is 1. The number of thiophene rings is 1. The summed E-state index contributed by atoms with van der Waals surface area (Å²) >= 11 is 2.56. The van der Waals surface area contributed by atoms with E-state index < -0.39 is 0 Å². The lowest BCUT2D eigenvalue weighted by Crippen LogP contribution is -2.15. The number of amides is 1. The maximum Gasteiger partial charge on any atom is 0.267 e. The highest BCUT2D eigenvalue weighted by Gasteiger charge is 2.22. The first-order chi connectivity index (χ1) is 15.1. The molecule has 0 atom stereocenters. The van der Waals surface area contributed by atoms with Crippen molar-refractivity contribution in [3.63, 3.8) is 0 Å². The van der Waals surface area contributed by atoms with Crippen LogP contribution in [0.2, 0.25) is 0 Å². The number of anilines is 1. The third kappa shape index (κ3) is 3.76. The number of aromatic nitrogens is 1. The van der Waals surface area contributed by atoms with E-state index in [2.05, 4.69) is 10.3 Å². The molecule has 2 aromatic carbocycles. The Morgan fingerprint density at radius 2 is 2.06 bits per heavy atom. The van der Waals surface area contributed by atoms with Gasteiger partial charge in [-0.15, -0.1) is 22.7 Å². The van der Waals surface area contributed by atoms with Gasteiger partial charge in [0.15, 0.2) is 16.6 Å². The van der Waals surface area contributed by atoms with Crippen LogP contribution < -0.4 is 14.8 Å². The second-order valence-electron chi connectivity index (χ2n) is 6.81. The quantitative estimate of drug-likeness (QED) is 0.439. The highest BCUT2D eigenvalue weighted by Crippen LogP contribution is 2.37. The summed E-state index contributed by atoms with van der Waals surface area (Å²) in [6, 6.07) is 10.4. The number of nitrogens with zero attached hydrogens (tertiary/aromatic N) is 1. The molecule has 1 N–H and O–H groups in total. The minimum Gasteiger partial charge on any atom is -0.486 e. The molecule has 0 saturated carbocycles. The van der Waals surface area contributed by atoms with Gasteiger partial charge in [-0.25, -0.2) is 9.37 Å². The second-order valence-corrected chi connectivity index (χ2v) is 8.72. The number of benzene rings is 2. The minimum absolute atomic E-state index is 0.143. The molecule has 6 nitrogen and oxygen atoms in total. The van der Waals surface area contributed by atoms with E-state index in [1.807, 2.05) is 23.6 Å². The number of fused-ring (bicyclic) bond motifs is 2. The molecule has 158 valence electrons. The number of methoxy groups -OCH3 is 1. The zero-order chi connectivity index (χ0) is 21.4. The van der Waals surface area contributed by atoms with Crippen LogP contribution in [0.4, 0.5) is 9.52 Å². The van der Waals surface area contributed by atoms with Gasteiger partial charge in [0.1, 0.15) is 19.0 Å². The van der Waals surface area contributed by atoms with E-state index in [9.17, 15) is 9.18 Å². The average Bonchev–Trinajstić information content (AvgIpc) is 3.39. The predicted molar refractivity (Wildman–Crippen MR) is 119 cm³/mol. The van der Waals surface area contributed by atoms with Crippen molar-refractivity contribution in [3.05, 3.63) is 58.0 Å². The molecule has 0 bridgehead atoms. The lowest BCUT2D eigenvalue weighted by Gasteiger charge is -2.18. The van der Waals surface area contributed by atoms with Crippen LogP contribution in [0.5, 0.6) is 11.5 Å². The van der Waals surface area contributed by atoms with Gasteiger partial charge >= 0.3 is 0 Å². The number of hydrogen-bond donors (Lipinski definition) is 1. The molecule has 0 saturated heterocycles. The van der Waals surface area contributed by atoms with Crippen LogP contribution >= 0.6 is 22.7 Å². The molecular formula is C22H17FN2O4S2. The van der Waals surface area contributed by atoms with Crippen LogP contribution in [0.25, 0.3) is 21.3 Å². The van der Waals surface area contributed by atoms with E-state index in [0.29, 0.717) is 50.4 Å². The predicted octanol–water partition coefficient (Wildman–Crippen LogP) is 5.33. The molecular weight excluding hydrogens is 439 g/mol. The van der Waals surface area contributed by atoms with Gasteiger partial charge in [-0.05, 0) is 30.3 Å². The number of thiazole rings is 1. The summed E-state index contributed by atoms with van der Waals surface area (Å²) < 4.78 is 31.5. The monoisotopic (exact) mass is 456 g/mol. The van der Waals surface area contributed by atoms with Crippen LogP contribution in [0.3, 0.4) is 0 Å². The molecule has 0 radical (unpaired) electrons. The lowest BCUT2D eigenvalue weighted by molar-refractivity contribution is 0.102. The van der Waals surface area contributed by atoms with Crippen molar-refractivity contribution in [2.75, 3.05) is 25.6 Å². The average molecular weight is 457 g/mol. The minimum atomic E-state index is -0.366. The van der Waals surface area contributed by atoms with Gasteiger partial charge in [-0.3, -0.25) is 10.1 Å². The first kappa shape index (κ1) is 19.9. The third-order valence-corrected chi connectivity index (χ3v) is 6.77. The second kappa shape index (κ2) is 8.26. The Labute approximate surface area is 185 Å².